The molecule has 1 saturated heterocycles. The van der Waals surface area contributed by atoms with Crippen molar-refractivity contribution in [1.29, 1.82) is 0 Å². The molecule has 0 aromatic rings. The predicted octanol–water partition coefficient (Wildman–Crippen LogP) is 1.81. The predicted molar refractivity (Wildman–Crippen MR) is 73.2 cm³/mol. The number of hydrogen-bond acceptors (Lipinski definition) is 3. The van der Waals surface area contributed by atoms with Crippen molar-refractivity contribution in [3.05, 3.63) is 0 Å². The first kappa shape index (κ1) is 13.6. The molecular formula is C14H23NO3S. The molecule has 1 heterocycles. The van der Waals surface area contributed by atoms with Gasteiger partial charge in [0.05, 0.1) is 5.75 Å². The fraction of sp³-hybridized carbons (Fsp3) is 0.929. The van der Waals surface area contributed by atoms with Gasteiger partial charge in [0.2, 0.25) is 10.0 Å². The molecule has 2 saturated carbocycles. The van der Waals surface area contributed by atoms with E-state index < -0.39 is 15.4 Å². The smallest absolute Gasteiger partial charge is 0.215 e. The Hall–Kier alpha value is -0.420. The summed E-state index contributed by atoms with van der Waals surface area (Å²) in [4.78, 5) is 12.4. The second-order valence-corrected chi connectivity index (χ2v) is 9.00. The molecular weight excluding hydrogens is 262 g/mol. The lowest BCUT2D eigenvalue weighted by atomic mass is 9.70. The van der Waals surface area contributed by atoms with Gasteiger partial charge in [-0.2, -0.15) is 0 Å². The molecule has 5 heteroatoms. The van der Waals surface area contributed by atoms with Crippen LogP contribution in [0.15, 0.2) is 0 Å². The van der Waals surface area contributed by atoms with Crippen LogP contribution in [0.1, 0.15) is 46.0 Å². The van der Waals surface area contributed by atoms with E-state index in [1.807, 2.05) is 0 Å². The number of sulfonamides is 1. The van der Waals surface area contributed by atoms with Gasteiger partial charge < -0.3 is 0 Å². The van der Waals surface area contributed by atoms with Crippen LogP contribution in [0, 0.1) is 16.7 Å². The molecule has 3 rings (SSSR count). The average molecular weight is 285 g/mol. The number of rotatable bonds is 3. The molecule has 2 unspecified atom stereocenters. The summed E-state index contributed by atoms with van der Waals surface area (Å²) in [5.74, 6) is 0.618. The van der Waals surface area contributed by atoms with Crippen LogP contribution in [0.25, 0.3) is 0 Å². The van der Waals surface area contributed by atoms with Gasteiger partial charge in [-0.3, -0.25) is 4.79 Å². The Morgan fingerprint density at radius 1 is 1.26 bits per heavy atom. The molecule has 0 aromatic heterocycles. The summed E-state index contributed by atoms with van der Waals surface area (Å²) in [6.07, 6.45) is 4.26. The van der Waals surface area contributed by atoms with Crippen molar-refractivity contribution in [3.63, 3.8) is 0 Å². The maximum Gasteiger partial charge on any atom is 0.215 e. The van der Waals surface area contributed by atoms with E-state index in [1.165, 1.54) is 0 Å². The minimum absolute atomic E-state index is 0.0440. The van der Waals surface area contributed by atoms with Crippen molar-refractivity contribution in [3.8, 4) is 0 Å². The normalized spacial score (nSPS) is 38.2. The molecule has 0 spiro atoms. The maximum atomic E-state index is 12.6. The van der Waals surface area contributed by atoms with Crippen LogP contribution in [0.4, 0.5) is 0 Å². The lowest BCUT2D eigenvalue weighted by molar-refractivity contribution is -0.128. The first-order valence-corrected chi connectivity index (χ1v) is 8.92. The number of Topliss-reactive ketones (excluding diaryl/α,β-unsaturated/α-hetero) is 1. The van der Waals surface area contributed by atoms with Crippen molar-refractivity contribution in [2.45, 2.75) is 46.0 Å². The molecule has 2 atom stereocenters. The summed E-state index contributed by atoms with van der Waals surface area (Å²) in [6, 6.07) is 0. The van der Waals surface area contributed by atoms with E-state index in [1.54, 1.807) is 4.31 Å². The summed E-state index contributed by atoms with van der Waals surface area (Å²) in [7, 11) is -3.28. The van der Waals surface area contributed by atoms with Gasteiger partial charge >= 0.3 is 0 Å². The van der Waals surface area contributed by atoms with Gasteiger partial charge in [0.25, 0.3) is 0 Å². The van der Waals surface area contributed by atoms with E-state index in [4.69, 9.17) is 0 Å². The molecule has 0 radical (unpaired) electrons. The second kappa shape index (κ2) is 4.04. The van der Waals surface area contributed by atoms with E-state index >= 15 is 0 Å². The van der Waals surface area contributed by atoms with Crippen molar-refractivity contribution in [2.75, 3.05) is 18.8 Å². The summed E-state index contributed by atoms with van der Waals surface area (Å²) in [5, 5.41) is 0. The monoisotopic (exact) mass is 285 g/mol. The molecule has 0 aromatic carbocycles. The largest absolute Gasteiger partial charge is 0.299 e. The fourth-order valence-electron chi connectivity index (χ4n) is 4.48. The molecule has 108 valence electrons. The third-order valence-electron chi connectivity index (χ3n) is 6.03. The Morgan fingerprint density at radius 3 is 2.37 bits per heavy atom. The van der Waals surface area contributed by atoms with Crippen LogP contribution in [0.5, 0.6) is 0 Å². The number of nitrogens with zero attached hydrogens (tertiary/aromatic N) is 1. The summed E-state index contributed by atoms with van der Waals surface area (Å²) >= 11 is 0. The van der Waals surface area contributed by atoms with Crippen LogP contribution in [0.2, 0.25) is 0 Å². The average Bonchev–Trinajstić information content (AvgIpc) is 2.95. The van der Waals surface area contributed by atoms with Crippen LogP contribution >= 0.6 is 0 Å². The Kier molecular flexibility index (Phi) is 2.88. The van der Waals surface area contributed by atoms with Crippen LogP contribution in [0.3, 0.4) is 0 Å². The van der Waals surface area contributed by atoms with Crippen LogP contribution in [-0.2, 0) is 14.8 Å². The van der Waals surface area contributed by atoms with Gasteiger partial charge in [-0.1, -0.05) is 13.8 Å². The lowest BCUT2D eigenvalue weighted by Crippen LogP contribution is -2.46. The third-order valence-corrected chi connectivity index (χ3v) is 8.04. The minimum atomic E-state index is -3.28. The summed E-state index contributed by atoms with van der Waals surface area (Å²) < 4.78 is 26.8. The van der Waals surface area contributed by atoms with E-state index in [0.717, 1.165) is 25.7 Å². The van der Waals surface area contributed by atoms with Crippen molar-refractivity contribution >= 4 is 15.8 Å². The standard InChI is InChI=1S/C14H23NO3S/c1-13(2)11-5-6-14(13,12(16)9-11)10-19(17,18)15-7-3-4-8-15/h11H,3-10H2,1-2H3. The van der Waals surface area contributed by atoms with Crippen molar-refractivity contribution in [2.24, 2.45) is 16.7 Å². The molecule has 3 aliphatic rings. The second-order valence-electron chi connectivity index (χ2n) is 7.03. The Balaban J connectivity index is 1.91. The molecule has 4 nitrogen and oxygen atoms in total. The maximum absolute atomic E-state index is 12.6. The van der Waals surface area contributed by atoms with Gasteiger partial charge in [-0.05, 0) is 37.0 Å². The van der Waals surface area contributed by atoms with E-state index in [2.05, 4.69) is 13.8 Å². The topological polar surface area (TPSA) is 54.5 Å². The molecule has 0 amide bonds. The van der Waals surface area contributed by atoms with Crippen LogP contribution < -0.4 is 0 Å². The minimum Gasteiger partial charge on any atom is -0.299 e. The molecule has 0 N–H and O–H groups in total. The number of carbonyl (C=O) groups excluding carboxylic acids is 1. The molecule has 2 bridgehead atoms. The summed E-state index contributed by atoms with van der Waals surface area (Å²) in [6.45, 7) is 5.46. The first-order chi connectivity index (χ1) is 8.80. The van der Waals surface area contributed by atoms with Crippen molar-refractivity contribution < 1.29 is 13.2 Å². The van der Waals surface area contributed by atoms with Gasteiger partial charge in [0.1, 0.15) is 5.78 Å². The lowest BCUT2D eigenvalue weighted by Gasteiger charge is -2.37. The van der Waals surface area contributed by atoms with Crippen LogP contribution in [-0.4, -0.2) is 37.3 Å². The fourth-order valence-corrected chi connectivity index (χ4v) is 6.77. The highest BCUT2D eigenvalue weighted by Crippen LogP contribution is 2.64. The highest BCUT2D eigenvalue weighted by atomic mass is 32.2. The van der Waals surface area contributed by atoms with Gasteiger partial charge in [-0.25, -0.2) is 12.7 Å². The SMILES string of the molecule is CC1(C)C2CCC1(CS(=O)(=O)N1CCCC1)C(=O)C2. The van der Waals surface area contributed by atoms with E-state index in [-0.39, 0.29) is 17.0 Å². The Bertz CT molecular complexity index is 505. The highest BCUT2D eigenvalue weighted by molar-refractivity contribution is 7.89. The van der Waals surface area contributed by atoms with E-state index in [0.29, 0.717) is 25.4 Å². The molecule has 2 aliphatic carbocycles. The molecule has 19 heavy (non-hydrogen) atoms. The Labute approximate surface area is 115 Å². The van der Waals surface area contributed by atoms with Crippen molar-refractivity contribution in [1.82, 2.24) is 4.31 Å². The molecule has 1 aliphatic heterocycles. The molecule has 3 fully saturated rings. The first-order valence-electron chi connectivity index (χ1n) is 7.31. The van der Waals surface area contributed by atoms with Gasteiger partial charge in [0.15, 0.2) is 0 Å². The zero-order valence-electron chi connectivity index (χ0n) is 11.8. The Morgan fingerprint density at radius 2 is 1.89 bits per heavy atom. The number of ketones is 1. The van der Waals surface area contributed by atoms with E-state index in [9.17, 15) is 13.2 Å². The third kappa shape index (κ3) is 1.74. The zero-order valence-corrected chi connectivity index (χ0v) is 12.6. The quantitative estimate of drug-likeness (QED) is 0.794. The number of hydrogen-bond donors (Lipinski definition) is 0. The zero-order chi connectivity index (χ0) is 13.9. The van der Waals surface area contributed by atoms with Gasteiger partial charge in [-0.15, -0.1) is 0 Å². The highest BCUT2D eigenvalue weighted by Gasteiger charge is 2.65. The number of fused-ring (bicyclic) bond motifs is 2. The number of carbonyl (C=O) groups is 1. The summed E-state index contributed by atoms with van der Waals surface area (Å²) in [5.41, 5.74) is -0.768. The van der Waals surface area contributed by atoms with Gasteiger partial charge in [0, 0.05) is 24.9 Å².